The molecule has 4 aliphatic rings. The number of likely N-dealkylation sites (N-methyl/N-ethyl adjacent to an activating group) is 1. The lowest BCUT2D eigenvalue weighted by atomic mass is 10.00. The topological polar surface area (TPSA) is 94.2 Å². The second-order valence-corrected chi connectivity index (χ2v) is 12.3. The molecule has 5 rings (SSSR count). The number of amides is 3. The molecule has 1 aromatic carbocycles. The van der Waals surface area contributed by atoms with Crippen molar-refractivity contribution in [1.29, 1.82) is 0 Å². The maximum absolute atomic E-state index is 13.4. The van der Waals surface area contributed by atoms with Gasteiger partial charge in [-0.2, -0.15) is 0 Å². The first-order chi connectivity index (χ1) is 16.6. The minimum atomic E-state index is -0.544. The van der Waals surface area contributed by atoms with Crippen LogP contribution in [0.2, 0.25) is 0 Å². The number of thioether (sulfide) groups is 1. The van der Waals surface area contributed by atoms with Crippen LogP contribution in [-0.4, -0.2) is 89.4 Å². The summed E-state index contributed by atoms with van der Waals surface area (Å²) in [5.74, 6) is -0.0798. The maximum atomic E-state index is 13.4. The van der Waals surface area contributed by atoms with Crippen molar-refractivity contribution in [3.05, 3.63) is 29.8 Å². The minimum absolute atomic E-state index is 0.0493. The molecule has 1 aromatic rings. The van der Waals surface area contributed by atoms with Crippen molar-refractivity contribution in [3.8, 4) is 0 Å². The lowest BCUT2D eigenvalue weighted by molar-refractivity contribution is -0.133. The van der Waals surface area contributed by atoms with Gasteiger partial charge in [0, 0.05) is 56.6 Å². The van der Waals surface area contributed by atoms with Crippen LogP contribution in [0, 0.1) is 5.92 Å². The molecule has 4 atom stereocenters. The van der Waals surface area contributed by atoms with Crippen LogP contribution in [0.3, 0.4) is 0 Å². The average molecular weight is 502 g/mol. The van der Waals surface area contributed by atoms with E-state index in [0.29, 0.717) is 19.6 Å². The number of nitrogens with one attached hydrogen (secondary N) is 2. The fraction of sp³-hybridized carbons (Fsp3) is 0.640. The van der Waals surface area contributed by atoms with Crippen molar-refractivity contribution in [3.63, 3.8) is 0 Å². The molecule has 190 valence electrons. The number of likely N-dealkylation sites (tertiary alicyclic amines) is 2. The van der Waals surface area contributed by atoms with E-state index < -0.39 is 5.60 Å². The fourth-order valence-electron chi connectivity index (χ4n) is 5.30. The maximum Gasteiger partial charge on any atom is 0.410 e. The molecule has 0 aliphatic carbocycles. The number of carbonyl (C=O) groups excluding carboxylic acids is 3. The highest BCUT2D eigenvalue weighted by Gasteiger charge is 2.44. The van der Waals surface area contributed by atoms with Gasteiger partial charge in [-0.15, -0.1) is 11.8 Å². The molecule has 4 unspecified atom stereocenters. The summed E-state index contributed by atoms with van der Waals surface area (Å²) in [5.41, 5.74) is 1.64. The quantitative estimate of drug-likeness (QED) is 0.650. The Labute approximate surface area is 210 Å². The standard InChI is InChI=1S/C25H35N5O4S/c1-25(2,3)34-24(33)30-12-16(13-30)21(31)27-23-26-17-9-10-29(14-20(17)35-23)22(32)19-11-15-7-5-6-8-18(15)28(19)4/h5-8,16-17,19-20,23,26H,9-14H2,1-4H3,(H,27,31). The first-order valence-electron chi connectivity index (χ1n) is 12.4. The molecule has 0 radical (unpaired) electrons. The molecule has 4 aliphatic heterocycles. The van der Waals surface area contributed by atoms with Gasteiger partial charge in [-0.1, -0.05) is 18.2 Å². The summed E-state index contributed by atoms with van der Waals surface area (Å²) in [7, 11) is 2.00. The number of ether oxygens (including phenoxy) is 1. The second-order valence-electron chi connectivity index (χ2n) is 11.0. The zero-order valence-electron chi connectivity index (χ0n) is 20.8. The second kappa shape index (κ2) is 9.20. The van der Waals surface area contributed by atoms with Gasteiger partial charge >= 0.3 is 6.09 Å². The highest BCUT2D eigenvalue weighted by molar-refractivity contribution is 8.00. The molecule has 3 amide bonds. The molecule has 0 spiro atoms. The van der Waals surface area contributed by atoms with Crippen LogP contribution in [0.4, 0.5) is 10.5 Å². The number of piperidine rings is 1. The molecular weight excluding hydrogens is 466 g/mol. The number of fused-ring (bicyclic) bond motifs is 2. The number of hydrogen-bond acceptors (Lipinski definition) is 7. The van der Waals surface area contributed by atoms with Crippen LogP contribution >= 0.6 is 11.8 Å². The van der Waals surface area contributed by atoms with E-state index in [9.17, 15) is 14.4 Å². The molecule has 4 heterocycles. The molecule has 35 heavy (non-hydrogen) atoms. The van der Waals surface area contributed by atoms with Crippen molar-refractivity contribution in [1.82, 2.24) is 20.4 Å². The van der Waals surface area contributed by atoms with Crippen molar-refractivity contribution >= 4 is 35.4 Å². The van der Waals surface area contributed by atoms with Crippen molar-refractivity contribution in [2.24, 2.45) is 5.92 Å². The third kappa shape index (κ3) is 4.95. The summed E-state index contributed by atoms with van der Waals surface area (Å²) in [6, 6.07) is 8.34. The van der Waals surface area contributed by atoms with Crippen LogP contribution in [0.15, 0.2) is 24.3 Å². The van der Waals surface area contributed by atoms with Gasteiger partial charge in [0.1, 0.15) is 17.1 Å². The Morgan fingerprint density at radius 3 is 2.57 bits per heavy atom. The SMILES string of the molecule is CN1c2ccccc2CC1C(=O)N1CCC2NC(NC(=O)C3CN(C(=O)OC(C)(C)C)C3)SC2C1. The zero-order chi connectivity index (χ0) is 24.9. The van der Waals surface area contributed by atoms with E-state index in [2.05, 4.69) is 27.7 Å². The number of anilines is 1. The Morgan fingerprint density at radius 2 is 1.86 bits per heavy atom. The fourth-order valence-corrected chi connectivity index (χ4v) is 6.76. The largest absolute Gasteiger partial charge is 0.444 e. The predicted octanol–water partition coefficient (Wildman–Crippen LogP) is 1.62. The molecule has 10 heteroatoms. The Bertz CT molecular complexity index is 1010. The monoisotopic (exact) mass is 501 g/mol. The first kappa shape index (κ1) is 24.2. The highest BCUT2D eigenvalue weighted by atomic mass is 32.2. The predicted molar refractivity (Wildman–Crippen MR) is 135 cm³/mol. The summed E-state index contributed by atoms with van der Waals surface area (Å²) in [4.78, 5) is 43.9. The molecule has 3 saturated heterocycles. The van der Waals surface area contributed by atoms with Gasteiger partial charge in [-0.3, -0.25) is 14.9 Å². The third-order valence-electron chi connectivity index (χ3n) is 7.26. The van der Waals surface area contributed by atoms with E-state index in [1.54, 1.807) is 16.7 Å². The summed E-state index contributed by atoms with van der Waals surface area (Å²) >= 11 is 1.69. The minimum Gasteiger partial charge on any atom is -0.444 e. The number of para-hydroxylation sites is 1. The van der Waals surface area contributed by atoms with E-state index in [4.69, 9.17) is 4.74 Å². The molecule has 9 nitrogen and oxygen atoms in total. The Balaban J connectivity index is 1.09. The average Bonchev–Trinajstić information content (AvgIpc) is 3.30. The first-order valence-corrected chi connectivity index (χ1v) is 13.3. The summed E-state index contributed by atoms with van der Waals surface area (Å²) in [5, 5.41) is 6.85. The van der Waals surface area contributed by atoms with Crippen LogP contribution < -0.4 is 15.5 Å². The van der Waals surface area contributed by atoms with Crippen LogP contribution in [0.1, 0.15) is 32.8 Å². The van der Waals surface area contributed by atoms with Gasteiger partial charge in [0.05, 0.1) is 5.92 Å². The number of carbonyl (C=O) groups is 3. The lowest BCUT2D eigenvalue weighted by Crippen LogP contribution is -2.58. The van der Waals surface area contributed by atoms with Crippen molar-refractivity contribution in [2.45, 2.75) is 62.0 Å². The van der Waals surface area contributed by atoms with E-state index in [1.807, 2.05) is 44.9 Å². The normalized spacial score (nSPS) is 28.3. The van der Waals surface area contributed by atoms with Gasteiger partial charge in [0.2, 0.25) is 11.8 Å². The highest BCUT2D eigenvalue weighted by Crippen LogP contribution is 2.35. The molecule has 0 aromatic heterocycles. The Kier molecular flexibility index (Phi) is 6.37. The Morgan fingerprint density at radius 1 is 1.11 bits per heavy atom. The summed E-state index contributed by atoms with van der Waals surface area (Å²) in [6.45, 7) is 7.66. The van der Waals surface area contributed by atoms with Crippen LogP contribution in [0.25, 0.3) is 0 Å². The van der Waals surface area contributed by atoms with Crippen molar-refractivity contribution in [2.75, 3.05) is 38.1 Å². The van der Waals surface area contributed by atoms with E-state index in [0.717, 1.165) is 25.1 Å². The van der Waals surface area contributed by atoms with Gasteiger partial charge in [0.25, 0.3) is 0 Å². The smallest absolute Gasteiger partial charge is 0.410 e. The number of nitrogens with zero attached hydrogens (tertiary/aromatic N) is 3. The molecule has 0 bridgehead atoms. The number of hydrogen-bond donors (Lipinski definition) is 2. The third-order valence-corrected chi connectivity index (χ3v) is 8.62. The summed E-state index contributed by atoms with van der Waals surface area (Å²) < 4.78 is 5.36. The van der Waals surface area contributed by atoms with Crippen LogP contribution in [-0.2, 0) is 20.7 Å². The van der Waals surface area contributed by atoms with E-state index in [-0.39, 0.29) is 46.7 Å². The molecular formula is C25H35N5O4S. The number of benzene rings is 1. The zero-order valence-corrected chi connectivity index (χ0v) is 21.6. The van der Waals surface area contributed by atoms with Gasteiger partial charge in [-0.05, 0) is 38.8 Å². The molecule has 3 fully saturated rings. The lowest BCUT2D eigenvalue weighted by Gasteiger charge is -2.39. The molecule has 2 N–H and O–H groups in total. The van der Waals surface area contributed by atoms with Gasteiger partial charge in [0.15, 0.2) is 0 Å². The Hall–Kier alpha value is -2.46. The van der Waals surface area contributed by atoms with Crippen molar-refractivity contribution < 1.29 is 19.1 Å². The van der Waals surface area contributed by atoms with E-state index in [1.165, 1.54) is 5.56 Å². The van der Waals surface area contributed by atoms with Gasteiger partial charge in [-0.25, -0.2) is 4.79 Å². The molecule has 0 saturated carbocycles. The summed E-state index contributed by atoms with van der Waals surface area (Å²) in [6.07, 6.45) is 1.25. The number of rotatable bonds is 3. The van der Waals surface area contributed by atoms with Crippen LogP contribution in [0.5, 0.6) is 0 Å². The van der Waals surface area contributed by atoms with E-state index >= 15 is 0 Å². The van der Waals surface area contributed by atoms with Gasteiger partial charge < -0.3 is 24.8 Å².